The monoisotopic (exact) mass is 168 g/mol. The molecule has 1 rings (SSSR count). The van der Waals surface area contributed by atoms with Crippen LogP contribution in [0.1, 0.15) is 38.6 Å². The van der Waals surface area contributed by atoms with Crippen molar-refractivity contribution < 1.29 is 0 Å². The summed E-state index contributed by atoms with van der Waals surface area (Å²) in [5, 5.41) is 7.82. The van der Waals surface area contributed by atoms with Gasteiger partial charge in [-0.1, -0.05) is 13.3 Å². The van der Waals surface area contributed by atoms with Crippen LogP contribution in [-0.4, -0.2) is 14.8 Å². The van der Waals surface area contributed by atoms with Gasteiger partial charge in [0.15, 0.2) is 0 Å². The fourth-order valence-electron chi connectivity index (χ4n) is 1.23. The molecule has 0 bridgehead atoms. The molecule has 0 aliphatic carbocycles. The molecular weight excluding hydrogens is 152 g/mol. The highest BCUT2D eigenvalue weighted by atomic mass is 15.3. The van der Waals surface area contributed by atoms with Gasteiger partial charge in [-0.2, -0.15) is 0 Å². The minimum atomic E-state index is 0.0393. The van der Waals surface area contributed by atoms with Gasteiger partial charge in [-0.25, -0.2) is 0 Å². The molecule has 12 heavy (non-hydrogen) atoms. The van der Waals surface area contributed by atoms with Gasteiger partial charge in [0.1, 0.15) is 12.2 Å². The van der Waals surface area contributed by atoms with E-state index < -0.39 is 0 Å². The Morgan fingerprint density at radius 2 is 2.33 bits per heavy atom. The summed E-state index contributed by atoms with van der Waals surface area (Å²) in [5.74, 6) is 0.902. The summed E-state index contributed by atoms with van der Waals surface area (Å²) in [6.45, 7) is 5.07. The number of hydrogen-bond donors (Lipinski definition) is 1. The molecule has 0 aliphatic rings. The van der Waals surface area contributed by atoms with Crippen molar-refractivity contribution in [2.75, 3.05) is 0 Å². The van der Waals surface area contributed by atoms with Crippen LogP contribution in [0.4, 0.5) is 0 Å². The van der Waals surface area contributed by atoms with Crippen LogP contribution < -0.4 is 5.73 Å². The van der Waals surface area contributed by atoms with Crippen molar-refractivity contribution >= 4 is 0 Å². The van der Waals surface area contributed by atoms with Crippen LogP contribution in [0, 0.1) is 0 Å². The van der Waals surface area contributed by atoms with Gasteiger partial charge in [-0.05, 0) is 13.3 Å². The van der Waals surface area contributed by atoms with E-state index in [1.54, 1.807) is 6.33 Å². The highest BCUT2D eigenvalue weighted by molar-refractivity contribution is 4.92. The number of aryl methyl sites for hydroxylation is 1. The molecule has 1 aromatic heterocycles. The van der Waals surface area contributed by atoms with Crippen molar-refractivity contribution in [1.82, 2.24) is 14.8 Å². The van der Waals surface area contributed by atoms with E-state index in [1.807, 2.05) is 4.57 Å². The Morgan fingerprint density at radius 1 is 1.58 bits per heavy atom. The minimum Gasteiger partial charge on any atom is -0.321 e. The normalized spacial score (nSPS) is 13.2. The lowest BCUT2D eigenvalue weighted by molar-refractivity contribution is 0.559. The second-order valence-corrected chi connectivity index (χ2v) is 2.87. The zero-order chi connectivity index (χ0) is 8.97. The molecule has 0 amide bonds. The van der Waals surface area contributed by atoms with Crippen LogP contribution in [0.15, 0.2) is 6.33 Å². The lowest BCUT2D eigenvalue weighted by Gasteiger charge is -2.09. The molecule has 0 fully saturated rings. The Bertz CT molecular complexity index is 231. The van der Waals surface area contributed by atoms with Crippen molar-refractivity contribution in [3.05, 3.63) is 12.2 Å². The first-order valence-electron chi connectivity index (χ1n) is 4.42. The maximum atomic E-state index is 5.90. The number of aromatic nitrogens is 3. The molecule has 2 N–H and O–H groups in total. The van der Waals surface area contributed by atoms with Crippen molar-refractivity contribution in [2.45, 2.75) is 39.3 Å². The zero-order valence-electron chi connectivity index (χ0n) is 7.70. The molecule has 0 aliphatic heterocycles. The van der Waals surface area contributed by atoms with Gasteiger partial charge in [0, 0.05) is 6.54 Å². The van der Waals surface area contributed by atoms with Gasteiger partial charge in [0.2, 0.25) is 0 Å². The van der Waals surface area contributed by atoms with E-state index in [2.05, 4.69) is 24.0 Å². The summed E-state index contributed by atoms with van der Waals surface area (Å²) in [5.41, 5.74) is 5.90. The molecule has 0 radical (unpaired) electrons. The minimum absolute atomic E-state index is 0.0393. The van der Waals surface area contributed by atoms with Crippen LogP contribution >= 0.6 is 0 Å². The number of nitrogens with two attached hydrogens (primary N) is 1. The van der Waals surface area contributed by atoms with Crippen LogP contribution in [0.25, 0.3) is 0 Å². The topological polar surface area (TPSA) is 56.7 Å². The van der Waals surface area contributed by atoms with Crippen molar-refractivity contribution in [2.24, 2.45) is 5.73 Å². The molecule has 0 saturated heterocycles. The van der Waals surface area contributed by atoms with E-state index in [1.165, 1.54) is 0 Å². The second kappa shape index (κ2) is 4.21. The Hall–Kier alpha value is -0.900. The molecule has 4 nitrogen and oxygen atoms in total. The van der Waals surface area contributed by atoms with Gasteiger partial charge in [0.25, 0.3) is 0 Å². The number of nitrogens with zero attached hydrogens (tertiary/aromatic N) is 3. The molecule has 0 aromatic carbocycles. The molecule has 1 atom stereocenters. The van der Waals surface area contributed by atoms with Crippen molar-refractivity contribution in [1.29, 1.82) is 0 Å². The fourth-order valence-corrected chi connectivity index (χ4v) is 1.23. The average Bonchev–Trinajstić information content (AvgIpc) is 2.51. The van der Waals surface area contributed by atoms with Crippen LogP contribution in [0.2, 0.25) is 0 Å². The van der Waals surface area contributed by atoms with E-state index in [-0.39, 0.29) is 6.04 Å². The molecule has 68 valence electrons. The summed E-state index contributed by atoms with van der Waals surface area (Å²) in [7, 11) is 0. The lowest BCUT2D eigenvalue weighted by atomic mass is 10.2. The quantitative estimate of drug-likeness (QED) is 0.732. The Kier molecular flexibility index (Phi) is 3.22. The van der Waals surface area contributed by atoms with Gasteiger partial charge < -0.3 is 10.3 Å². The van der Waals surface area contributed by atoms with Crippen LogP contribution in [-0.2, 0) is 6.54 Å². The van der Waals surface area contributed by atoms with Gasteiger partial charge >= 0.3 is 0 Å². The fraction of sp³-hybridized carbons (Fsp3) is 0.750. The van der Waals surface area contributed by atoms with Crippen molar-refractivity contribution in [3.8, 4) is 0 Å². The maximum absolute atomic E-state index is 5.90. The third kappa shape index (κ3) is 1.82. The van der Waals surface area contributed by atoms with Crippen molar-refractivity contribution in [3.63, 3.8) is 0 Å². The highest BCUT2D eigenvalue weighted by Crippen LogP contribution is 2.11. The standard InChI is InChI=1S/C8H16N4/c1-3-5-7(9)8-11-10-6-12(8)4-2/h6-7H,3-5,9H2,1-2H3/t7-/m0/s1. The van der Waals surface area contributed by atoms with E-state index >= 15 is 0 Å². The smallest absolute Gasteiger partial charge is 0.149 e. The molecular formula is C8H16N4. The Labute approximate surface area is 72.8 Å². The first-order valence-corrected chi connectivity index (χ1v) is 4.42. The predicted octanol–water partition coefficient (Wildman–Crippen LogP) is 1.10. The van der Waals surface area contributed by atoms with Gasteiger partial charge in [-0.3, -0.25) is 0 Å². The number of hydrogen-bond acceptors (Lipinski definition) is 3. The summed E-state index contributed by atoms with van der Waals surface area (Å²) in [4.78, 5) is 0. The average molecular weight is 168 g/mol. The predicted molar refractivity (Wildman–Crippen MR) is 47.5 cm³/mol. The summed E-state index contributed by atoms with van der Waals surface area (Å²) in [6.07, 6.45) is 3.78. The van der Waals surface area contributed by atoms with Crippen LogP contribution in [0.5, 0.6) is 0 Å². The first-order chi connectivity index (χ1) is 5.79. The first kappa shape index (κ1) is 9.19. The molecule has 1 heterocycles. The third-order valence-corrected chi connectivity index (χ3v) is 1.92. The van der Waals surface area contributed by atoms with Crippen LogP contribution in [0.3, 0.4) is 0 Å². The Balaban J connectivity index is 2.71. The van der Waals surface area contributed by atoms with Gasteiger partial charge in [-0.15, -0.1) is 10.2 Å². The largest absolute Gasteiger partial charge is 0.321 e. The molecule has 0 spiro atoms. The second-order valence-electron chi connectivity index (χ2n) is 2.87. The summed E-state index contributed by atoms with van der Waals surface area (Å²) >= 11 is 0. The SMILES string of the molecule is CCC[C@H](N)c1nncn1CC. The molecule has 1 aromatic rings. The highest BCUT2D eigenvalue weighted by Gasteiger charge is 2.10. The third-order valence-electron chi connectivity index (χ3n) is 1.92. The summed E-state index contributed by atoms with van der Waals surface area (Å²) < 4.78 is 1.99. The molecule has 4 heteroatoms. The molecule has 0 unspecified atom stereocenters. The van der Waals surface area contributed by atoms with E-state index in [0.717, 1.165) is 25.2 Å². The van der Waals surface area contributed by atoms with E-state index in [9.17, 15) is 0 Å². The summed E-state index contributed by atoms with van der Waals surface area (Å²) in [6, 6.07) is 0.0393. The Morgan fingerprint density at radius 3 is 2.92 bits per heavy atom. The lowest BCUT2D eigenvalue weighted by Crippen LogP contribution is -2.15. The van der Waals surface area contributed by atoms with E-state index in [0.29, 0.717) is 0 Å². The maximum Gasteiger partial charge on any atom is 0.149 e. The molecule has 0 saturated carbocycles. The zero-order valence-corrected chi connectivity index (χ0v) is 7.70. The van der Waals surface area contributed by atoms with E-state index in [4.69, 9.17) is 5.73 Å². The number of rotatable bonds is 4. The van der Waals surface area contributed by atoms with Gasteiger partial charge in [0.05, 0.1) is 6.04 Å².